The van der Waals surface area contributed by atoms with Crippen molar-refractivity contribution in [3.8, 4) is 0 Å². The SMILES string of the molecule is COC(=O)[C@@H](NC(=O)c1ccc(C)o1)c1ccc(F)c(C)c1. The first-order valence-electron chi connectivity index (χ1n) is 6.63. The van der Waals surface area contributed by atoms with Gasteiger partial charge < -0.3 is 14.5 Å². The van der Waals surface area contributed by atoms with Crippen molar-refractivity contribution < 1.29 is 23.1 Å². The Morgan fingerprint density at radius 1 is 1.23 bits per heavy atom. The topological polar surface area (TPSA) is 68.5 Å². The molecule has 0 bridgehead atoms. The van der Waals surface area contributed by atoms with Crippen molar-refractivity contribution in [1.29, 1.82) is 0 Å². The molecule has 0 saturated heterocycles. The summed E-state index contributed by atoms with van der Waals surface area (Å²) < 4.78 is 23.3. The number of aryl methyl sites for hydroxylation is 2. The monoisotopic (exact) mass is 305 g/mol. The number of benzene rings is 1. The Labute approximate surface area is 127 Å². The van der Waals surface area contributed by atoms with Crippen molar-refractivity contribution in [3.05, 3.63) is 58.8 Å². The van der Waals surface area contributed by atoms with Crippen LogP contribution in [0.15, 0.2) is 34.7 Å². The molecule has 0 radical (unpaired) electrons. The number of halogens is 1. The molecule has 2 rings (SSSR count). The third kappa shape index (κ3) is 3.33. The molecule has 1 amide bonds. The summed E-state index contributed by atoms with van der Waals surface area (Å²) in [4.78, 5) is 24.0. The fraction of sp³-hybridized carbons (Fsp3) is 0.250. The molecule has 0 aliphatic rings. The fourth-order valence-electron chi connectivity index (χ4n) is 2.00. The second kappa shape index (κ2) is 6.43. The highest BCUT2D eigenvalue weighted by atomic mass is 19.1. The number of rotatable bonds is 4. The third-order valence-electron chi connectivity index (χ3n) is 3.19. The van der Waals surface area contributed by atoms with Crippen molar-refractivity contribution in [1.82, 2.24) is 5.32 Å². The van der Waals surface area contributed by atoms with Crippen LogP contribution in [0.5, 0.6) is 0 Å². The van der Waals surface area contributed by atoms with Crippen LogP contribution in [0, 0.1) is 19.7 Å². The van der Waals surface area contributed by atoms with Gasteiger partial charge >= 0.3 is 5.97 Å². The van der Waals surface area contributed by atoms with E-state index < -0.39 is 17.9 Å². The van der Waals surface area contributed by atoms with Gasteiger partial charge in [0.1, 0.15) is 11.6 Å². The van der Waals surface area contributed by atoms with E-state index in [-0.39, 0.29) is 11.6 Å². The Hall–Kier alpha value is -2.63. The maximum Gasteiger partial charge on any atom is 0.333 e. The second-order valence-electron chi connectivity index (χ2n) is 4.85. The predicted molar refractivity (Wildman–Crippen MR) is 76.8 cm³/mol. The minimum atomic E-state index is -1.04. The van der Waals surface area contributed by atoms with Crippen LogP contribution in [-0.2, 0) is 9.53 Å². The molecule has 0 saturated carbocycles. The van der Waals surface area contributed by atoms with Crippen LogP contribution >= 0.6 is 0 Å². The number of hydrogen-bond donors (Lipinski definition) is 1. The molecule has 1 atom stereocenters. The van der Waals surface area contributed by atoms with Crippen LogP contribution in [0.4, 0.5) is 4.39 Å². The molecule has 0 spiro atoms. The number of methoxy groups -OCH3 is 1. The highest BCUT2D eigenvalue weighted by Gasteiger charge is 2.25. The molecule has 116 valence electrons. The average Bonchev–Trinajstić information content (AvgIpc) is 2.93. The molecule has 1 aromatic heterocycles. The number of carbonyl (C=O) groups excluding carboxylic acids is 2. The van der Waals surface area contributed by atoms with Gasteiger partial charge in [0.15, 0.2) is 11.8 Å². The van der Waals surface area contributed by atoms with Gasteiger partial charge in [-0.3, -0.25) is 4.79 Å². The molecule has 22 heavy (non-hydrogen) atoms. The van der Waals surface area contributed by atoms with Gasteiger partial charge in [-0.25, -0.2) is 9.18 Å². The van der Waals surface area contributed by atoms with Crippen LogP contribution in [0.2, 0.25) is 0 Å². The van der Waals surface area contributed by atoms with Gasteiger partial charge in [-0.1, -0.05) is 12.1 Å². The highest BCUT2D eigenvalue weighted by Crippen LogP contribution is 2.19. The van der Waals surface area contributed by atoms with E-state index in [0.717, 1.165) is 0 Å². The van der Waals surface area contributed by atoms with Crippen molar-refractivity contribution >= 4 is 11.9 Å². The Kier molecular flexibility index (Phi) is 4.60. The number of esters is 1. The Balaban J connectivity index is 2.28. The first kappa shape index (κ1) is 15.8. The molecular weight excluding hydrogens is 289 g/mol. The zero-order valence-electron chi connectivity index (χ0n) is 12.5. The number of nitrogens with one attached hydrogen (secondary N) is 1. The van der Waals surface area contributed by atoms with Crippen molar-refractivity contribution in [2.45, 2.75) is 19.9 Å². The van der Waals surface area contributed by atoms with Gasteiger partial charge in [-0.2, -0.15) is 0 Å². The van der Waals surface area contributed by atoms with Gasteiger partial charge in [0.2, 0.25) is 0 Å². The first-order chi connectivity index (χ1) is 10.4. The predicted octanol–water partition coefficient (Wildman–Crippen LogP) is 2.68. The average molecular weight is 305 g/mol. The van der Waals surface area contributed by atoms with E-state index in [2.05, 4.69) is 5.32 Å². The lowest BCUT2D eigenvalue weighted by atomic mass is 10.0. The summed E-state index contributed by atoms with van der Waals surface area (Å²) in [6.45, 7) is 3.28. The van der Waals surface area contributed by atoms with Crippen LogP contribution in [-0.4, -0.2) is 19.0 Å². The van der Waals surface area contributed by atoms with Crippen molar-refractivity contribution in [3.63, 3.8) is 0 Å². The number of hydrogen-bond acceptors (Lipinski definition) is 4. The number of carbonyl (C=O) groups is 2. The van der Waals surface area contributed by atoms with Crippen LogP contribution in [0.25, 0.3) is 0 Å². The summed E-state index contributed by atoms with van der Waals surface area (Å²) in [5.74, 6) is -0.920. The lowest BCUT2D eigenvalue weighted by molar-refractivity contribution is -0.143. The normalized spacial score (nSPS) is 11.8. The molecule has 0 fully saturated rings. The van der Waals surface area contributed by atoms with Crippen LogP contribution in [0.3, 0.4) is 0 Å². The molecule has 0 aliphatic carbocycles. The summed E-state index contributed by atoms with van der Waals surface area (Å²) in [6.07, 6.45) is 0. The molecule has 5 nitrogen and oxygen atoms in total. The molecule has 0 aliphatic heterocycles. The maximum atomic E-state index is 13.4. The fourth-order valence-corrected chi connectivity index (χ4v) is 2.00. The number of furan rings is 1. The van der Waals surface area contributed by atoms with Crippen LogP contribution < -0.4 is 5.32 Å². The molecular formula is C16H16FNO4. The Morgan fingerprint density at radius 3 is 2.50 bits per heavy atom. The number of ether oxygens (including phenoxy) is 1. The lowest BCUT2D eigenvalue weighted by Crippen LogP contribution is -2.34. The minimum Gasteiger partial charge on any atom is -0.467 e. The van der Waals surface area contributed by atoms with Crippen molar-refractivity contribution in [2.75, 3.05) is 7.11 Å². The molecule has 2 aromatic rings. The smallest absolute Gasteiger partial charge is 0.333 e. The van der Waals surface area contributed by atoms with E-state index in [1.165, 1.54) is 31.4 Å². The van der Waals surface area contributed by atoms with Gasteiger partial charge in [-0.15, -0.1) is 0 Å². The molecule has 1 aromatic carbocycles. The van der Waals surface area contributed by atoms with E-state index in [0.29, 0.717) is 16.9 Å². The lowest BCUT2D eigenvalue weighted by Gasteiger charge is -2.17. The maximum absolute atomic E-state index is 13.4. The van der Waals surface area contributed by atoms with Gasteiger partial charge in [0, 0.05) is 0 Å². The first-order valence-corrected chi connectivity index (χ1v) is 6.63. The summed E-state index contributed by atoms with van der Waals surface area (Å²) in [7, 11) is 1.22. The van der Waals surface area contributed by atoms with E-state index in [1.807, 2.05) is 0 Å². The summed E-state index contributed by atoms with van der Waals surface area (Å²) in [6, 6.07) is 6.27. The van der Waals surface area contributed by atoms with Crippen molar-refractivity contribution in [2.24, 2.45) is 0 Å². The largest absolute Gasteiger partial charge is 0.467 e. The Morgan fingerprint density at radius 2 is 1.95 bits per heavy atom. The zero-order chi connectivity index (χ0) is 16.3. The molecule has 1 heterocycles. The summed E-state index contributed by atoms with van der Waals surface area (Å²) in [5, 5.41) is 2.53. The molecule has 1 N–H and O–H groups in total. The zero-order valence-corrected chi connectivity index (χ0v) is 12.5. The summed E-state index contributed by atoms with van der Waals surface area (Å²) >= 11 is 0. The standard InChI is InChI=1S/C16H16FNO4/c1-9-8-11(5-6-12(9)17)14(16(20)21-3)18-15(19)13-7-4-10(2)22-13/h4-8,14H,1-3H3,(H,18,19)/t14-/m0/s1. The second-order valence-corrected chi connectivity index (χ2v) is 4.85. The van der Waals surface area contributed by atoms with E-state index in [4.69, 9.17) is 9.15 Å². The van der Waals surface area contributed by atoms with Gasteiger partial charge in [0.05, 0.1) is 7.11 Å². The molecule has 6 heteroatoms. The summed E-state index contributed by atoms with van der Waals surface area (Å²) in [5.41, 5.74) is 0.803. The van der Waals surface area contributed by atoms with Gasteiger partial charge in [0.25, 0.3) is 5.91 Å². The van der Waals surface area contributed by atoms with Crippen LogP contribution in [0.1, 0.15) is 33.5 Å². The Bertz CT molecular complexity index is 708. The quantitative estimate of drug-likeness (QED) is 0.882. The third-order valence-corrected chi connectivity index (χ3v) is 3.19. The molecule has 0 unspecified atom stereocenters. The number of amides is 1. The van der Waals surface area contributed by atoms with E-state index >= 15 is 0 Å². The van der Waals surface area contributed by atoms with E-state index in [9.17, 15) is 14.0 Å². The van der Waals surface area contributed by atoms with E-state index in [1.54, 1.807) is 19.9 Å². The van der Waals surface area contributed by atoms with Gasteiger partial charge in [-0.05, 0) is 43.2 Å². The highest BCUT2D eigenvalue weighted by molar-refractivity contribution is 5.94. The minimum absolute atomic E-state index is 0.0882.